The first kappa shape index (κ1) is 16.7. The Morgan fingerprint density at radius 2 is 1.82 bits per heavy atom. The monoisotopic (exact) mass is 373 g/mol. The smallest absolute Gasteiger partial charge is 0.253 e. The van der Waals surface area contributed by atoms with Gasteiger partial charge in [0.2, 0.25) is 5.89 Å². The van der Waals surface area contributed by atoms with Gasteiger partial charge in [0.05, 0.1) is 11.8 Å². The lowest BCUT2D eigenvalue weighted by atomic mass is 9.96. The third-order valence-corrected chi connectivity index (χ3v) is 5.34. The SMILES string of the molecule is O=C(c1ccc2ccccc2c1)N1CCC(c2nnc(-c3ccoc3)o2)CC1. The summed E-state index contributed by atoms with van der Waals surface area (Å²) in [4.78, 5) is 14.8. The molecule has 1 fully saturated rings. The molecule has 5 rings (SSSR count). The molecular formula is C22H19N3O3. The van der Waals surface area contributed by atoms with Crippen LogP contribution in [-0.4, -0.2) is 34.1 Å². The Kier molecular flexibility index (Phi) is 4.16. The minimum absolute atomic E-state index is 0.0776. The number of piperidine rings is 1. The van der Waals surface area contributed by atoms with Gasteiger partial charge < -0.3 is 13.7 Å². The van der Waals surface area contributed by atoms with Crippen LogP contribution in [0.3, 0.4) is 0 Å². The molecule has 3 heterocycles. The minimum Gasteiger partial charge on any atom is -0.472 e. The van der Waals surface area contributed by atoms with Gasteiger partial charge >= 0.3 is 0 Å². The van der Waals surface area contributed by atoms with Crippen LogP contribution in [0, 0.1) is 0 Å². The Morgan fingerprint density at radius 3 is 2.61 bits per heavy atom. The van der Waals surface area contributed by atoms with Crippen LogP contribution >= 0.6 is 0 Å². The number of amides is 1. The van der Waals surface area contributed by atoms with Gasteiger partial charge in [0.1, 0.15) is 6.26 Å². The number of benzene rings is 2. The van der Waals surface area contributed by atoms with Crippen LogP contribution in [-0.2, 0) is 0 Å². The van der Waals surface area contributed by atoms with Crippen LogP contribution < -0.4 is 0 Å². The number of hydrogen-bond acceptors (Lipinski definition) is 5. The molecule has 0 unspecified atom stereocenters. The van der Waals surface area contributed by atoms with Crippen molar-refractivity contribution >= 4 is 16.7 Å². The minimum atomic E-state index is 0.0776. The lowest BCUT2D eigenvalue weighted by Crippen LogP contribution is -2.38. The quantitative estimate of drug-likeness (QED) is 0.529. The number of hydrogen-bond donors (Lipinski definition) is 0. The third-order valence-electron chi connectivity index (χ3n) is 5.34. The number of aromatic nitrogens is 2. The second kappa shape index (κ2) is 6.96. The van der Waals surface area contributed by atoms with E-state index >= 15 is 0 Å². The number of rotatable bonds is 3. The Hall–Kier alpha value is -3.41. The summed E-state index contributed by atoms with van der Waals surface area (Å²) < 4.78 is 10.9. The molecule has 0 atom stereocenters. The van der Waals surface area contributed by atoms with Crippen molar-refractivity contribution in [3.05, 3.63) is 72.5 Å². The molecule has 1 aliphatic rings. The van der Waals surface area contributed by atoms with Crippen molar-refractivity contribution in [3.63, 3.8) is 0 Å². The van der Waals surface area contributed by atoms with Crippen molar-refractivity contribution in [2.75, 3.05) is 13.1 Å². The van der Waals surface area contributed by atoms with E-state index in [2.05, 4.69) is 16.3 Å². The zero-order chi connectivity index (χ0) is 18.9. The zero-order valence-electron chi connectivity index (χ0n) is 15.2. The summed E-state index contributed by atoms with van der Waals surface area (Å²) in [6.07, 6.45) is 4.79. The van der Waals surface area contributed by atoms with E-state index in [1.54, 1.807) is 18.6 Å². The van der Waals surface area contributed by atoms with Gasteiger partial charge in [-0.3, -0.25) is 4.79 Å². The second-order valence-corrected chi connectivity index (χ2v) is 7.09. The van der Waals surface area contributed by atoms with Gasteiger partial charge in [-0.05, 0) is 41.8 Å². The van der Waals surface area contributed by atoms with Crippen molar-refractivity contribution in [2.45, 2.75) is 18.8 Å². The predicted octanol–water partition coefficient (Wildman–Crippen LogP) is 4.50. The summed E-state index contributed by atoms with van der Waals surface area (Å²) in [6, 6.07) is 15.8. The summed E-state index contributed by atoms with van der Waals surface area (Å²) in [5, 5.41) is 10.5. The largest absolute Gasteiger partial charge is 0.472 e. The fourth-order valence-electron chi connectivity index (χ4n) is 3.74. The molecule has 0 bridgehead atoms. The van der Waals surface area contributed by atoms with E-state index in [0.29, 0.717) is 24.9 Å². The van der Waals surface area contributed by atoms with Crippen LogP contribution in [0.2, 0.25) is 0 Å². The number of nitrogens with zero attached hydrogens (tertiary/aromatic N) is 3. The lowest BCUT2D eigenvalue weighted by Gasteiger charge is -2.30. The maximum absolute atomic E-state index is 12.9. The van der Waals surface area contributed by atoms with Gasteiger partial charge in [-0.25, -0.2) is 0 Å². The Labute approximate surface area is 161 Å². The molecule has 140 valence electrons. The number of carbonyl (C=O) groups is 1. The molecule has 0 N–H and O–H groups in total. The zero-order valence-corrected chi connectivity index (χ0v) is 15.2. The fraction of sp³-hybridized carbons (Fsp3) is 0.227. The van der Waals surface area contributed by atoms with Crippen LogP contribution in [0.15, 0.2) is 69.9 Å². The van der Waals surface area contributed by atoms with E-state index in [1.165, 1.54) is 0 Å². The van der Waals surface area contributed by atoms with Gasteiger partial charge in [0.25, 0.3) is 11.8 Å². The number of likely N-dealkylation sites (tertiary alicyclic amines) is 1. The van der Waals surface area contributed by atoms with E-state index in [9.17, 15) is 4.79 Å². The first-order valence-corrected chi connectivity index (χ1v) is 9.42. The molecule has 1 saturated heterocycles. The Balaban J connectivity index is 1.27. The van der Waals surface area contributed by atoms with Crippen LogP contribution in [0.1, 0.15) is 35.0 Å². The maximum Gasteiger partial charge on any atom is 0.253 e. The number of fused-ring (bicyclic) bond motifs is 1. The normalized spacial score (nSPS) is 15.2. The highest BCUT2D eigenvalue weighted by Gasteiger charge is 2.28. The predicted molar refractivity (Wildman–Crippen MR) is 104 cm³/mol. The molecule has 0 aliphatic carbocycles. The van der Waals surface area contributed by atoms with Crippen molar-refractivity contribution < 1.29 is 13.6 Å². The van der Waals surface area contributed by atoms with Gasteiger partial charge in [-0.2, -0.15) is 0 Å². The lowest BCUT2D eigenvalue weighted by molar-refractivity contribution is 0.0706. The Bertz CT molecular complexity index is 1110. The molecule has 6 nitrogen and oxygen atoms in total. The van der Waals surface area contributed by atoms with Gasteiger partial charge in [0.15, 0.2) is 0 Å². The van der Waals surface area contributed by atoms with Gasteiger partial charge in [-0.1, -0.05) is 30.3 Å². The molecular weight excluding hydrogens is 354 g/mol. The molecule has 6 heteroatoms. The highest BCUT2D eigenvalue weighted by molar-refractivity contribution is 5.98. The number of carbonyl (C=O) groups excluding carboxylic acids is 1. The molecule has 0 saturated carbocycles. The van der Waals surface area contributed by atoms with Crippen LogP contribution in [0.25, 0.3) is 22.2 Å². The van der Waals surface area contributed by atoms with Crippen LogP contribution in [0.4, 0.5) is 0 Å². The topological polar surface area (TPSA) is 72.4 Å². The second-order valence-electron chi connectivity index (χ2n) is 7.09. The summed E-state index contributed by atoms with van der Waals surface area (Å²) >= 11 is 0. The average molecular weight is 373 g/mol. The summed E-state index contributed by atoms with van der Waals surface area (Å²) in [5.74, 6) is 1.36. The van der Waals surface area contributed by atoms with Crippen LogP contribution in [0.5, 0.6) is 0 Å². The highest BCUT2D eigenvalue weighted by atomic mass is 16.4. The van der Waals surface area contributed by atoms with E-state index < -0.39 is 0 Å². The average Bonchev–Trinajstić information content (AvgIpc) is 3.45. The number of furan rings is 1. The van der Waals surface area contributed by atoms with Crippen molar-refractivity contribution in [2.24, 2.45) is 0 Å². The summed E-state index contributed by atoms with van der Waals surface area (Å²) in [7, 11) is 0. The highest BCUT2D eigenvalue weighted by Crippen LogP contribution is 2.30. The van der Waals surface area contributed by atoms with E-state index in [-0.39, 0.29) is 11.8 Å². The first-order chi connectivity index (χ1) is 13.8. The molecule has 2 aromatic heterocycles. The van der Waals surface area contributed by atoms with Crippen molar-refractivity contribution in [3.8, 4) is 11.5 Å². The summed E-state index contributed by atoms with van der Waals surface area (Å²) in [6.45, 7) is 1.36. The Morgan fingerprint density at radius 1 is 1.00 bits per heavy atom. The van der Waals surface area contributed by atoms with E-state index in [4.69, 9.17) is 8.83 Å². The summed E-state index contributed by atoms with van der Waals surface area (Å²) in [5.41, 5.74) is 1.51. The molecule has 1 aliphatic heterocycles. The van der Waals surface area contributed by atoms with E-state index in [0.717, 1.165) is 34.7 Å². The molecule has 28 heavy (non-hydrogen) atoms. The van der Waals surface area contributed by atoms with Gasteiger partial charge in [0, 0.05) is 24.6 Å². The molecule has 0 radical (unpaired) electrons. The molecule has 1 amide bonds. The molecule has 2 aromatic carbocycles. The molecule has 4 aromatic rings. The van der Waals surface area contributed by atoms with Crippen molar-refractivity contribution in [1.82, 2.24) is 15.1 Å². The standard InChI is InChI=1S/C22H19N3O3/c26-22(18-6-5-15-3-1-2-4-17(15)13-18)25-10-7-16(8-11-25)20-23-24-21(28-20)19-9-12-27-14-19/h1-6,9,12-14,16H,7-8,10-11H2. The molecule has 0 spiro atoms. The maximum atomic E-state index is 12.9. The fourth-order valence-corrected chi connectivity index (χ4v) is 3.74. The van der Waals surface area contributed by atoms with E-state index in [1.807, 2.05) is 41.3 Å². The van der Waals surface area contributed by atoms with Crippen molar-refractivity contribution in [1.29, 1.82) is 0 Å². The van der Waals surface area contributed by atoms with Gasteiger partial charge in [-0.15, -0.1) is 10.2 Å². The first-order valence-electron chi connectivity index (χ1n) is 9.42. The third kappa shape index (κ3) is 3.07.